The molecule has 2 amide bonds. The van der Waals surface area contributed by atoms with E-state index < -0.39 is 0 Å². The van der Waals surface area contributed by atoms with Crippen LogP contribution in [0.1, 0.15) is 18.9 Å². The molecule has 1 aliphatic heterocycles. The summed E-state index contributed by atoms with van der Waals surface area (Å²) in [6.07, 6.45) is 5.17. The molecule has 7 nitrogen and oxygen atoms in total. The number of carbonyl (C=O) groups is 2. The predicted molar refractivity (Wildman–Crippen MR) is 121 cm³/mol. The van der Waals surface area contributed by atoms with Gasteiger partial charge in [-0.05, 0) is 42.9 Å². The van der Waals surface area contributed by atoms with Crippen LogP contribution in [0.3, 0.4) is 0 Å². The number of carbonyl (C=O) groups excluding carboxylic acids is 2. The third-order valence-corrected chi connectivity index (χ3v) is 5.89. The molecule has 2 fully saturated rings. The molecule has 1 saturated heterocycles. The Morgan fingerprint density at radius 2 is 1.72 bits per heavy atom. The van der Waals surface area contributed by atoms with Gasteiger partial charge in [-0.25, -0.2) is 4.99 Å². The van der Waals surface area contributed by atoms with E-state index >= 15 is 0 Å². The van der Waals surface area contributed by atoms with Gasteiger partial charge in [0.05, 0.1) is 18.4 Å². The zero-order chi connectivity index (χ0) is 19.7. The Kier molecular flexibility index (Phi) is 6.81. The Morgan fingerprint density at radius 1 is 1.10 bits per heavy atom. The SMILES string of the molecule is CCNC(=NCc1ccc(O)cc1)NCCN1C(=O)C2C3C=CC(C3)C2C1=O.I. The van der Waals surface area contributed by atoms with E-state index in [2.05, 4.69) is 27.8 Å². The highest BCUT2D eigenvalue weighted by molar-refractivity contribution is 14.0. The fraction of sp³-hybridized carbons (Fsp3) is 0.476. The standard InChI is InChI=1S/C21H26N4O3.HI/c1-2-22-21(24-12-13-3-7-16(26)8-4-13)23-9-10-25-19(27)17-14-5-6-15(11-14)18(17)20(25)28;/h3-8,14-15,17-18,26H,2,9-12H2,1H3,(H2,22,23,24);1H. The van der Waals surface area contributed by atoms with E-state index in [1.807, 2.05) is 19.1 Å². The van der Waals surface area contributed by atoms with Gasteiger partial charge in [0.2, 0.25) is 11.8 Å². The molecule has 4 atom stereocenters. The normalized spacial score (nSPS) is 27.2. The van der Waals surface area contributed by atoms with Gasteiger partial charge in [-0.1, -0.05) is 24.3 Å². The molecule has 1 aromatic rings. The lowest BCUT2D eigenvalue weighted by molar-refractivity contribution is -0.140. The lowest BCUT2D eigenvalue weighted by Gasteiger charge is -2.18. The number of phenols is 1. The first kappa shape index (κ1) is 21.6. The van der Waals surface area contributed by atoms with Crippen molar-refractivity contribution in [1.82, 2.24) is 15.5 Å². The molecular formula is C21H27IN4O3. The van der Waals surface area contributed by atoms with Crippen molar-refractivity contribution in [3.05, 3.63) is 42.0 Å². The van der Waals surface area contributed by atoms with Crippen molar-refractivity contribution in [2.75, 3.05) is 19.6 Å². The molecule has 1 saturated carbocycles. The number of benzene rings is 1. The van der Waals surface area contributed by atoms with Crippen LogP contribution in [-0.2, 0) is 16.1 Å². The summed E-state index contributed by atoms with van der Waals surface area (Å²) in [5, 5.41) is 15.7. The second-order valence-corrected chi connectivity index (χ2v) is 7.62. The Morgan fingerprint density at radius 3 is 2.31 bits per heavy atom. The summed E-state index contributed by atoms with van der Waals surface area (Å²) in [7, 11) is 0. The molecule has 4 unspecified atom stereocenters. The molecule has 0 aromatic heterocycles. The average molecular weight is 510 g/mol. The van der Waals surface area contributed by atoms with Crippen LogP contribution in [0.2, 0.25) is 0 Å². The van der Waals surface area contributed by atoms with Crippen molar-refractivity contribution in [1.29, 1.82) is 0 Å². The monoisotopic (exact) mass is 510 g/mol. The summed E-state index contributed by atoms with van der Waals surface area (Å²) in [4.78, 5) is 31.4. The van der Waals surface area contributed by atoms with E-state index in [-0.39, 0.29) is 65.2 Å². The zero-order valence-corrected chi connectivity index (χ0v) is 18.7. The van der Waals surface area contributed by atoms with Crippen LogP contribution in [0, 0.1) is 23.7 Å². The molecule has 1 heterocycles. The van der Waals surface area contributed by atoms with Gasteiger partial charge in [0.25, 0.3) is 0 Å². The van der Waals surface area contributed by atoms with Gasteiger partial charge in [0.1, 0.15) is 5.75 Å². The average Bonchev–Trinajstić information content (AvgIpc) is 3.37. The van der Waals surface area contributed by atoms with Crippen molar-refractivity contribution in [3.8, 4) is 5.75 Å². The Balaban J connectivity index is 0.00000240. The van der Waals surface area contributed by atoms with E-state index in [1.165, 1.54) is 4.90 Å². The van der Waals surface area contributed by atoms with Crippen LogP contribution < -0.4 is 10.6 Å². The number of likely N-dealkylation sites (tertiary alicyclic amines) is 1. The summed E-state index contributed by atoms with van der Waals surface area (Å²) in [6, 6.07) is 6.92. The number of allylic oxidation sites excluding steroid dienone is 2. The minimum Gasteiger partial charge on any atom is -0.508 e. The van der Waals surface area contributed by atoms with Crippen molar-refractivity contribution >= 4 is 41.8 Å². The minimum absolute atomic E-state index is 0. The summed E-state index contributed by atoms with van der Waals surface area (Å²) >= 11 is 0. The van der Waals surface area contributed by atoms with Crippen LogP contribution in [-0.4, -0.2) is 47.4 Å². The minimum atomic E-state index is -0.140. The number of aromatic hydroxyl groups is 1. The van der Waals surface area contributed by atoms with Crippen molar-refractivity contribution in [2.45, 2.75) is 19.9 Å². The first-order valence-electron chi connectivity index (χ1n) is 9.92. The summed E-state index contributed by atoms with van der Waals surface area (Å²) in [6.45, 7) is 3.97. The van der Waals surface area contributed by atoms with Crippen molar-refractivity contribution < 1.29 is 14.7 Å². The van der Waals surface area contributed by atoms with Gasteiger partial charge >= 0.3 is 0 Å². The number of nitrogens with zero attached hydrogens (tertiary/aromatic N) is 2. The quantitative estimate of drug-likeness (QED) is 0.179. The number of aliphatic imine (C=N–C) groups is 1. The second-order valence-electron chi connectivity index (χ2n) is 7.62. The van der Waals surface area contributed by atoms with Gasteiger partial charge in [-0.2, -0.15) is 0 Å². The lowest BCUT2D eigenvalue weighted by atomic mass is 9.85. The van der Waals surface area contributed by atoms with E-state index in [0.29, 0.717) is 32.1 Å². The van der Waals surface area contributed by atoms with Crippen LogP contribution in [0.5, 0.6) is 5.75 Å². The van der Waals surface area contributed by atoms with Crippen LogP contribution in [0.15, 0.2) is 41.4 Å². The van der Waals surface area contributed by atoms with Gasteiger partial charge in [-0.15, -0.1) is 24.0 Å². The molecule has 4 rings (SSSR count). The molecule has 0 radical (unpaired) electrons. The highest BCUT2D eigenvalue weighted by atomic mass is 127. The smallest absolute Gasteiger partial charge is 0.233 e. The summed E-state index contributed by atoms with van der Waals surface area (Å²) < 4.78 is 0. The Labute approximate surface area is 187 Å². The fourth-order valence-corrected chi connectivity index (χ4v) is 4.58. The number of nitrogens with one attached hydrogen (secondary N) is 2. The zero-order valence-electron chi connectivity index (χ0n) is 16.4. The molecule has 2 bridgehead atoms. The second kappa shape index (κ2) is 9.15. The first-order valence-corrected chi connectivity index (χ1v) is 9.92. The van der Waals surface area contributed by atoms with E-state index in [1.54, 1.807) is 12.1 Å². The topological polar surface area (TPSA) is 94.0 Å². The number of imide groups is 1. The maximum Gasteiger partial charge on any atom is 0.233 e. The van der Waals surface area contributed by atoms with E-state index in [0.717, 1.165) is 12.0 Å². The third kappa shape index (κ3) is 4.26. The maximum absolute atomic E-state index is 12.7. The van der Waals surface area contributed by atoms with Crippen LogP contribution >= 0.6 is 24.0 Å². The van der Waals surface area contributed by atoms with Gasteiger partial charge < -0.3 is 15.7 Å². The number of halogens is 1. The Bertz CT molecular complexity index is 794. The molecule has 8 heteroatoms. The van der Waals surface area contributed by atoms with Crippen molar-refractivity contribution in [3.63, 3.8) is 0 Å². The summed E-state index contributed by atoms with van der Waals surface area (Å²) in [5.41, 5.74) is 0.982. The number of phenolic OH excluding ortho intramolecular Hbond substituents is 1. The number of guanidine groups is 1. The molecular weight excluding hydrogens is 483 g/mol. The molecule has 3 N–H and O–H groups in total. The molecule has 1 aromatic carbocycles. The summed E-state index contributed by atoms with van der Waals surface area (Å²) in [5.74, 6) is 1.04. The molecule has 156 valence electrons. The van der Waals surface area contributed by atoms with Crippen molar-refractivity contribution in [2.24, 2.45) is 28.7 Å². The number of fused-ring (bicyclic) bond motifs is 5. The van der Waals surface area contributed by atoms with Gasteiger partial charge in [-0.3, -0.25) is 14.5 Å². The Hall–Kier alpha value is -2.10. The molecule has 3 aliphatic rings. The van der Waals surface area contributed by atoms with Crippen LogP contribution in [0.25, 0.3) is 0 Å². The predicted octanol–water partition coefficient (Wildman–Crippen LogP) is 1.87. The maximum atomic E-state index is 12.7. The third-order valence-electron chi connectivity index (χ3n) is 5.89. The first-order chi connectivity index (χ1) is 13.6. The van der Waals surface area contributed by atoms with E-state index in [4.69, 9.17) is 0 Å². The highest BCUT2D eigenvalue weighted by Gasteiger charge is 2.58. The number of hydrogen-bond acceptors (Lipinski definition) is 4. The van der Waals surface area contributed by atoms with Gasteiger partial charge in [0.15, 0.2) is 5.96 Å². The molecule has 2 aliphatic carbocycles. The molecule has 0 spiro atoms. The number of rotatable bonds is 6. The van der Waals surface area contributed by atoms with E-state index in [9.17, 15) is 14.7 Å². The van der Waals surface area contributed by atoms with Crippen LogP contribution in [0.4, 0.5) is 0 Å². The largest absolute Gasteiger partial charge is 0.508 e. The number of amides is 2. The van der Waals surface area contributed by atoms with Gasteiger partial charge in [0, 0.05) is 19.6 Å². The lowest BCUT2D eigenvalue weighted by Crippen LogP contribution is -2.43. The highest BCUT2D eigenvalue weighted by Crippen LogP contribution is 2.52. The fourth-order valence-electron chi connectivity index (χ4n) is 4.58. The molecule has 29 heavy (non-hydrogen) atoms. The number of hydrogen-bond donors (Lipinski definition) is 3.